The molecule has 2 heterocycles. The quantitative estimate of drug-likeness (QED) is 0.828. The number of rotatable bonds is 4. The third-order valence-electron chi connectivity index (χ3n) is 3.58. The zero-order valence-corrected chi connectivity index (χ0v) is 10.5. The minimum absolute atomic E-state index is 0.611. The molecule has 5 nitrogen and oxygen atoms in total. The van der Waals surface area contributed by atoms with Crippen molar-refractivity contribution in [3.8, 4) is 0 Å². The maximum absolute atomic E-state index is 5.27. The molecule has 18 heavy (non-hydrogen) atoms. The molecule has 5 heteroatoms. The Labute approximate surface area is 105 Å². The summed E-state index contributed by atoms with van der Waals surface area (Å²) in [4.78, 5) is 4.73. The van der Waals surface area contributed by atoms with Crippen molar-refractivity contribution >= 4 is 0 Å². The van der Waals surface area contributed by atoms with E-state index in [0.29, 0.717) is 18.4 Å². The second-order valence-corrected chi connectivity index (χ2v) is 5.47. The summed E-state index contributed by atoms with van der Waals surface area (Å²) in [6.07, 6.45) is 4.99. The molecule has 2 saturated carbocycles. The number of hydrogen-bond donors (Lipinski definition) is 0. The van der Waals surface area contributed by atoms with E-state index in [4.69, 9.17) is 9.51 Å². The van der Waals surface area contributed by atoms with Gasteiger partial charge < -0.3 is 4.52 Å². The van der Waals surface area contributed by atoms with Crippen LogP contribution in [0.1, 0.15) is 60.6 Å². The molecule has 0 spiro atoms. The van der Waals surface area contributed by atoms with Crippen LogP contribution in [-0.2, 0) is 6.54 Å². The molecular formula is C13H16N4O. The molecule has 4 rings (SSSR count). The van der Waals surface area contributed by atoms with Crippen LogP contribution >= 0.6 is 0 Å². The predicted octanol–water partition coefficient (Wildman–Crippen LogP) is 2.38. The molecule has 2 fully saturated rings. The van der Waals surface area contributed by atoms with Gasteiger partial charge in [-0.25, -0.2) is 9.67 Å². The van der Waals surface area contributed by atoms with Crippen molar-refractivity contribution in [1.82, 2.24) is 19.9 Å². The highest BCUT2D eigenvalue weighted by atomic mass is 16.5. The Kier molecular flexibility index (Phi) is 2.10. The van der Waals surface area contributed by atoms with Gasteiger partial charge in [0.25, 0.3) is 0 Å². The van der Waals surface area contributed by atoms with E-state index in [0.717, 1.165) is 23.1 Å². The minimum Gasteiger partial charge on any atom is -0.359 e. The first-order chi connectivity index (χ1) is 8.79. The molecule has 0 atom stereocenters. The highest BCUT2D eigenvalue weighted by Crippen LogP contribution is 2.42. The first kappa shape index (κ1) is 10.3. The highest BCUT2D eigenvalue weighted by molar-refractivity contribution is 5.14. The van der Waals surface area contributed by atoms with Crippen molar-refractivity contribution < 1.29 is 4.52 Å². The third kappa shape index (κ3) is 1.83. The Morgan fingerprint density at radius 2 is 2.06 bits per heavy atom. The lowest BCUT2D eigenvalue weighted by atomic mass is 10.3. The fourth-order valence-electron chi connectivity index (χ4n) is 2.29. The fraction of sp³-hybridized carbons (Fsp3) is 0.615. The van der Waals surface area contributed by atoms with Crippen LogP contribution < -0.4 is 0 Å². The summed E-state index contributed by atoms with van der Waals surface area (Å²) in [7, 11) is 0. The van der Waals surface area contributed by atoms with Crippen LogP contribution in [0, 0.1) is 6.92 Å². The van der Waals surface area contributed by atoms with Gasteiger partial charge in [-0.05, 0) is 32.6 Å². The molecule has 0 amide bonds. The van der Waals surface area contributed by atoms with Gasteiger partial charge in [-0.2, -0.15) is 5.10 Å². The third-order valence-corrected chi connectivity index (χ3v) is 3.58. The molecule has 2 aromatic rings. The summed E-state index contributed by atoms with van der Waals surface area (Å²) < 4.78 is 7.29. The van der Waals surface area contributed by atoms with Crippen LogP contribution in [0.3, 0.4) is 0 Å². The van der Waals surface area contributed by atoms with E-state index in [-0.39, 0.29) is 0 Å². The molecule has 0 unspecified atom stereocenters. The molecule has 0 N–H and O–H groups in total. The van der Waals surface area contributed by atoms with Crippen LogP contribution in [0.15, 0.2) is 10.6 Å². The summed E-state index contributed by atoms with van der Waals surface area (Å²) in [6, 6.07) is 1.97. The predicted molar refractivity (Wildman–Crippen MR) is 64.3 cm³/mol. The van der Waals surface area contributed by atoms with Crippen LogP contribution in [0.4, 0.5) is 0 Å². The minimum atomic E-state index is 0.611. The van der Waals surface area contributed by atoms with Crippen LogP contribution in [0.25, 0.3) is 0 Å². The highest BCUT2D eigenvalue weighted by Gasteiger charge is 2.34. The summed E-state index contributed by atoms with van der Waals surface area (Å²) in [5.74, 6) is 4.27. The SMILES string of the molecule is Cc1cc(Cn2nc(C3CC3)nc2C2CC2)on1. The van der Waals surface area contributed by atoms with E-state index >= 15 is 0 Å². The monoisotopic (exact) mass is 244 g/mol. The van der Waals surface area contributed by atoms with Crippen molar-refractivity contribution in [2.45, 2.75) is 51.0 Å². The Morgan fingerprint density at radius 3 is 2.67 bits per heavy atom. The van der Waals surface area contributed by atoms with Gasteiger partial charge >= 0.3 is 0 Å². The molecule has 0 saturated heterocycles. The smallest absolute Gasteiger partial charge is 0.158 e. The number of aryl methyl sites for hydroxylation is 1. The second-order valence-electron chi connectivity index (χ2n) is 5.47. The van der Waals surface area contributed by atoms with Crippen molar-refractivity contribution in [2.75, 3.05) is 0 Å². The standard InChI is InChI=1S/C13H16N4O/c1-8-6-11(18-16-8)7-17-13(10-4-5-10)14-12(15-17)9-2-3-9/h6,9-10H,2-5,7H2,1H3. The van der Waals surface area contributed by atoms with Crippen LogP contribution in [0.5, 0.6) is 0 Å². The van der Waals surface area contributed by atoms with Crippen molar-refractivity contribution in [1.29, 1.82) is 0 Å². The van der Waals surface area contributed by atoms with Crippen molar-refractivity contribution in [3.63, 3.8) is 0 Å². The average molecular weight is 244 g/mol. The number of hydrogen-bond acceptors (Lipinski definition) is 4. The zero-order valence-electron chi connectivity index (χ0n) is 10.5. The maximum Gasteiger partial charge on any atom is 0.158 e. The van der Waals surface area contributed by atoms with Crippen LogP contribution in [-0.4, -0.2) is 19.9 Å². The normalized spacial score (nSPS) is 19.4. The van der Waals surface area contributed by atoms with Crippen molar-refractivity contribution in [3.05, 3.63) is 29.2 Å². The van der Waals surface area contributed by atoms with Crippen LogP contribution in [0.2, 0.25) is 0 Å². The summed E-state index contributed by atoms with van der Waals surface area (Å²) in [5.41, 5.74) is 0.917. The van der Waals surface area contributed by atoms with E-state index in [1.807, 2.05) is 17.7 Å². The number of nitrogens with zero attached hydrogens (tertiary/aromatic N) is 4. The lowest BCUT2D eigenvalue weighted by Crippen LogP contribution is -2.05. The molecule has 94 valence electrons. The van der Waals surface area contributed by atoms with Gasteiger partial charge in [0.15, 0.2) is 11.6 Å². The Balaban J connectivity index is 1.65. The zero-order chi connectivity index (χ0) is 12.1. The van der Waals surface area contributed by atoms with E-state index < -0.39 is 0 Å². The molecular weight excluding hydrogens is 228 g/mol. The maximum atomic E-state index is 5.27. The molecule has 0 aliphatic heterocycles. The summed E-state index contributed by atoms with van der Waals surface area (Å²) >= 11 is 0. The summed E-state index contributed by atoms with van der Waals surface area (Å²) in [6.45, 7) is 2.60. The summed E-state index contributed by atoms with van der Waals surface area (Å²) in [5, 5.41) is 8.58. The Bertz CT molecular complexity index is 578. The van der Waals surface area contributed by atoms with Gasteiger partial charge in [-0.1, -0.05) is 5.16 Å². The van der Waals surface area contributed by atoms with Gasteiger partial charge in [0, 0.05) is 17.9 Å². The van der Waals surface area contributed by atoms with E-state index in [1.165, 1.54) is 25.7 Å². The average Bonchev–Trinajstić information content (AvgIpc) is 3.27. The Morgan fingerprint density at radius 1 is 1.28 bits per heavy atom. The lowest BCUT2D eigenvalue weighted by molar-refractivity contribution is 0.365. The van der Waals surface area contributed by atoms with Crippen molar-refractivity contribution in [2.24, 2.45) is 0 Å². The van der Waals surface area contributed by atoms with Gasteiger partial charge in [0.05, 0.1) is 5.69 Å². The molecule has 2 aliphatic carbocycles. The Hall–Kier alpha value is -1.65. The molecule has 0 bridgehead atoms. The first-order valence-electron chi connectivity index (χ1n) is 6.66. The van der Waals surface area contributed by atoms with E-state index in [2.05, 4.69) is 10.3 Å². The topological polar surface area (TPSA) is 56.7 Å². The molecule has 2 aromatic heterocycles. The molecule has 2 aliphatic rings. The second kappa shape index (κ2) is 3.67. The first-order valence-corrected chi connectivity index (χ1v) is 6.66. The lowest BCUT2D eigenvalue weighted by Gasteiger charge is -2.00. The van der Waals surface area contributed by atoms with E-state index in [9.17, 15) is 0 Å². The molecule has 0 aromatic carbocycles. The van der Waals surface area contributed by atoms with Gasteiger partial charge in [0.1, 0.15) is 12.4 Å². The molecule has 0 radical (unpaired) electrons. The largest absolute Gasteiger partial charge is 0.359 e. The van der Waals surface area contributed by atoms with E-state index in [1.54, 1.807) is 0 Å². The van der Waals surface area contributed by atoms with Gasteiger partial charge in [-0.3, -0.25) is 0 Å². The number of aromatic nitrogens is 4. The van der Waals surface area contributed by atoms with Gasteiger partial charge in [0.2, 0.25) is 0 Å². The fourth-order valence-corrected chi connectivity index (χ4v) is 2.29. The van der Waals surface area contributed by atoms with Gasteiger partial charge in [-0.15, -0.1) is 0 Å².